The predicted molar refractivity (Wildman–Crippen MR) is 133 cm³/mol. The summed E-state index contributed by atoms with van der Waals surface area (Å²) in [5.74, 6) is 2.40. The minimum Gasteiger partial charge on any atom is -0.504 e. The molecule has 2 fully saturated rings. The summed E-state index contributed by atoms with van der Waals surface area (Å²) in [7, 11) is 3.25. The molecule has 0 radical (unpaired) electrons. The molecule has 2 N–H and O–H groups in total. The highest BCUT2D eigenvalue weighted by Gasteiger charge is 2.31. The molecule has 0 aliphatic heterocycles. The van der Waals surface area contributed by atoms with Crippen LogP contribution in [0.5, 0.6) is 23.0 Å². The molecule has 2 aromatic carbocycles. The van der Waals surface area contributed by atoms with Crippen molar-refractivity contribution in [1.29, 1.82) is 0 Å². The molecule has 4 nitrogen and oxygen atoms in total. The molecule has 180 valence electrons. The van der Waals surface area contributed by atoms with Crippen LogP contribution in [-0.2, 0) is 5.41 Å². The maximum atomic E-state index is 11.0. The van der Waals surface area contributed by atoms with Crippen LogP contribution in [-0.4, -0.2) is 24.4 Å². The van der Waals surface area contributed by atoms with Gasteiger partial charge in [0, 0.05) is 16.5 Å². The Morgan fingerprint density at radius 1 is 0.636 bits per heavy atom. The van der Waals surface area contributed by atoms with E-state index in [1.807, 2.05) is 12.1 Å². The summed E-state index contributed by atoms with van der Waals surface area (Å²) in [6.45, 7) is 4.42. The van der Waals surface area contributed by atoms with E-state index >= 15 is 0 Å². The summed E-state index contributed by atoms with van der Waals surface area (Å²) >= 11 is 0. The standard InChI is InChI=1S/C29H40O4/c1-29(2,21-15-23(19-11-7-5-8-12-19)27(30)25(17-21)32-3)22-16-24(20-13-9-6-10-14-20)28(31)26(18-22)33-4/h15-20,30-31H,5-14H2,1-4H3. The number of hydrogen-bond donors (Lipinski definition) is 2. The normalized spacial score (nSPS) is 18.3. The van der Waals surface area contributed by atoms with Gasteiger partial charge in [-0.15, -0.1) is 0 Å². The van der Waals surface area contributed by atoms with Crippen molar-refractivity contribution < 1.29 is 19.7 Å². The molecule has 4 rings (SSSR count). The molecule has 2 aliphatic carbocycles. The Hall–Kier alpha value is -2.36. The number of ether oxygens (including phenoxy) is 2. The van der Waals surface area contributed by atoms with Crippen LogP contribution in [0.2, 0.25) is 0 Å². The van der Waals surface area contributed by atoms with Crippen molar-refractivity contribution in [1.82, 2.24) is 0 Å². The van der Waals surface area contributed by atoms with E-state index in [4.69, 9.17) is 9.47 Å². The van der Waals surface area contributed by atoms with Gasteiger partial charge < -0.3 is 19.7 Å². The van der Waals surface area contributed by atoms with Gasteiger partial charge in [0.1, 0.15) is 0 Å². The summed E-state index contributed by atoms with van der Waals surface area (Å²) in [4.78, 5) is 0. The van der Waals surface area contributed by atoms with E-state index in [0.29, 0.717) is 23.3 Å². The van der Waals surface area contributed by atoms with Crippen molar-refractivity contribution in [3.63, 3.8) is 0 Å². The van der Waals surface area contributed by atoms with Gasteiger partial charge in [-0.05, 0) is 60.8 Å². The summed E-state index contributed by atoms with van der Waals surface area (Å²) in [5, 5.41) is 21.9. The minimum absolute atomic E-state index is 0.287. The van der Waals surface area contributed by atoms with E-state index in [9.17, 15) is 10.2 Å². The zero-order chi connectivity index (χ0) is 23.6. The van der Waals surface area contributed by atoms with Crippen molar-refractivity contribution in [2.24, 2.45) is 0 Å². The predicted octanol–water partition coefficient (Wildman–Crippen LogP) is 7.54. The molecule has 0 heterocycles. The molecule has 0 saturated heterocycles. The van der Waals surface area contributed by atoms with Gasteiger partial charge in [0.05, 0.1) is 14.2 Å². The largest absolute Gasteiger partial charge is 0.504 e. The first-order chi connectivity index (χ1) is 15.9. The van der Waals surface area contributed by atoms with Crippen LogP contribution in [0.25, 0.3) is 0 Å². The molecular weight excluding hydrogens is 412 g/mol. The number of aromatic hydroxyl groups is 2. The van der Waals surface area contributed by atoms with Crippen LogP contribution >= 0.6 is 0 Å². The van der Waals surface area contributed by atoms with Crippen molar-refractivity contribution in [3.8, 4) is 23.0 Å². The third-order valence-corrected chi connectivity index (χ3v) is 8.18. The van der Waals surface area contributed by atoms with Gasteiger partial charge in [0.2, 0.25) is 0 Å². The average molecular weight is 453 g/mol. The zero-order valence-electron chi connectivity index (χ0n) is 20.7. The van der Waals surface area contributed by atoms with Crippen LogP contribution in [0.4, 0.5) is 0 Å². The Kier molecular flexibility index (Phi) is 7.11. The Balaban J connectivity index is 1.80. The molecule has 0 amide bonds. The Morgan fingerprint density at radius 2 is 1.00 bits per heavy atom. The number of benzene rings is 2. The van der Waals surface area contributed by atoms with Gasteiger partial charge in [0.25, 0.3) is 0 Å². The van der Waals surface area contributed by atoms with Gasteiger partial charge in [-0.2, -0.15) is 0 Å². The van der Waals surface area contributed by atoms with E-state index in [2.05, 4.69) is 26.0 Å². The molecule has 2 aliphatic rings. The lowest BCUT2D eigenvalue weighted by molar-refractivity contribution is 0.357. The fourth-order valence-corrected chi connectivity index (χ4v) is 5.91. The minimum atomic E-state index is -0.352. The number of methoxy groups -OCH3 is 2. The van der Waals surface area contributed by atoms with E-state index in [0.717, 1.165) is 47.9 Å². The number of rotatable bonds is 6. The lowest BCUT2D eigenvalue weighted by atomic mass is 9.73. The highest BCUT2D eigenvalue weighted by molar-refractivity contribution is 5.57. The second kappa shape index (κ2) is 9.87. The number of hydrogen-bond acceptors (Lipinski definition) is 4. The third kappa shape index (κ3) is 4.67. The van der Waals surface area contributed by atoms with Crippen molar-refractivity contribution >= 4 is 0 Å². The Labute approximate surface area is 198 Å². The molecule has 2 aromatic rings. The maximum absolute atomic E-state index is 11.0. The van der Waals surface area contributed by atoms with Crippen LogP contribution in [0, 0.1) is 0 Å². The second-order valence-corrected chi connectivity index (χ2v) is 10.5. The van der Waals surface area contributed by atoms with Gasteiger partial charge >= 0.3 is 0 Å². The van der Waals surface area contributed by atoms with Gasteiger partial charge in [0.15, 0.2) is 23.0 Å². The monoisotopic (exact) mass is 452 g/mol. The fourth-order valence-electron chi connectivity index (χ4n) is 5.91. The SMILES string of the molecule is COc1cc(C(C)(C)c2cc(OC)c(O)c(C3CCCCC3)c2)cc(C2CCCCC2)c1O. The smallest absolute Gasteiger partial charge is 0.161 e. The number of phenolic OH excluding ortho intramolecular Hbond substituents is 2. The fraction of sp³-hybridized carbons (Fsp3) is 0.586. The van der Waals surface area contributed by atoms with Gasteiger partial charge in [-0.25, -0.2) is 0 Å². The Morgan fingerprint density at radius 3 is 1.33 bits per heavy atom. The van der Waals surface area contributed by atoms with E-state index in [-0.39, 0.29) is 16.9 Å². The van der Waals surface area contributed by atoms with E-state index in [1.54, 1.807) is 14.2 Å². The van der Waals surface area contributed by atoms with Crippen LogP contribution in [0.3, 0.4) is 0 Å². The summed E-state index contributed by atoms with van der Waals surface area (Å²) in [5.41, 5.74) is 3.89. The lowest BCUT2D eigenvalue weighted by Crippen LogP contribution is -2.21. The average Bonchev–Trinajstić information content (AvgIpc) is 2.85. The molecule has 0 bridgehead atoms. The third-order valence-electron chi connectivity index (χ3n) is 8.18. The van der Waals surface area contributed by atoms with Crippen LogP contribution in [0.1, 0.15) is 112 Å². The molecule has 0 atom stereocenters. The highest BCUT2D eigenvalue weighted by atomic mass is 16.5. The second-order valence-electron chi connectivity index (χ2n) is 10.5. The first-order valence-corrected chi connectivity index (χ1v) is 12.7. The number of phenols is 2. The topological polar surface area (TPSA) is 58.9 Å². The van der Waals surface area contributed by atoms with Crippen molar-refractivity contribution in [2.75, 3.05) is 14.2 Å². The van der Waals surface area contributed by atoms with Gasteiger partial charge in [-0.3, -0.25) is 0 Å². The van der Waals surface area contributed by atoms with Crippen LogP contribution in [0.15, 0.2) is 24.3 Å². The zero-order valence-corrected chi connectivity index (χ0v) is 20.7. The summed E-state index contributed by atoms with van der Waals surface area (Å²) < 4.78 is 11.2. The molecule has 2 saturated carbocycles. The molecular formula is C29H40O4. The highest BCUT2D eigenvalue weighted by Crippen LogP contribution is 2.48. The lowest BCUT2D eigenvalue weighted by Gasteiger charge is -2.32. The van der Waals surface area contributed by atoms with Crippen LogP contribution < -0.4 is 9.47 Å². The first kappa shape index (κ1) is 23.8. The molecule has 33 heavy (non-hydrogen) atoms. The molecule has 0 unspecified atom stereocenters. The molecule has 4 heteroatoms. The summed E-state index contributed by atoms with van der Waals surface area (Å²) in [6.07, 6.45) is 11.8. The van der Waals surface area contributed by atoms with E-state index in [1.165, 1.54) is 38.5 Å². The quantitative estimate of drug-likeness (QED) is 0.475. The molecule has 0 aromatic heterocycles. The van der Waals surface area contributed by atoms with Crippen molar-refractivity contribution in [2.45, 2.75) is 95.3 Å². The van der Waals surface area contributed by atoms with E-state index < -0.39 is 0 Å². The molecule has 0 spiro atoms. The Bertz CT molecular complexity index is 889. The summed E-state index contributed by atoms with van der Waals surface area (Å²) in [6, 6.07) is 8.32. The first-order valence-electron chi connectivity index (χ1n) is 12.7. The van der Waals surface area contributed by atoms with Gasteiger partial charge in [-0.1, -0.05) is 64.5 Å². The van der Waals surface area contributed by atoms with Crippen molar-refractivity contribution in [3.05, 3.63) is 46.5 Å². The maximum Gasteiger partial charge on any atom is 0.161 e.